The minimum absolute atomic E-state index is 0.00839. The number of sulfonamides is 1. The minimum atomic E-state index is -3.94. The molecule has 0 saturated heterocycles. The van der Waals surface area contributed by atoms with Gasteiger partial charge in [-0.3, -0.25) is 4.31 Å². The minimum Gasteiger partial charge on any atom is -0.497 e. The molecule has 0 aliphatic rings. The van der Waals surface area contributed by atoms with E-state index in [1.807, 2.05) is 6.92 Å². The standard InChI is InChI=1S/C22H21Cl2NO4S/c1-3-29-22-7-5-4-6-21(22)25(15-16-8-9-17(23)14-20(16)24)30(26,27)19-12-10-18(28-2)11-13-19/h4-14H,3,15H2,1-2H3. The Morgan fingerprint density at radius 3 is 2.30 bits per heavy atom. The lowest BCUT2D eigenvalue weighted by atomic mass is 10.2. The van der Waals surface area contributed by atoms with Gasteiger partial charge in [0, 0.05) is 10.0 Å². The van der Waals surface area contributed by atoms with Gasteiger partial charge in [0.1, 0.15) is 11.5 Å². The topological polar surface area (TPSA) is 55.8 Å². The zero-order chi connectivity index (χ0) is 21.7. The largest absolute Gasteiger partial charge is 0.497 e. The third-order valence-corrected chi connectivity index (χ3v) is 6.77. The van der Waals surface area contributed by atoms with Crippen LogP contribution >= 0.6 is 23.2 Å². The van der Waals surface area contributed by atoms with Gasteiger partial charge in [-0.2, -0.15) is 0 Å². The van der Waals surface area contributed by atoms with Crippen molar-refractivity contribution < 1.29 is 17.9 Å². The summed E-state index contributed by atoms with van der Waals surface area (Å²) in [6, 6.07) is 18.2. The molecule has 8 heteroatoms. The number of benzene rings is 3. The fourth-order valence-corrected chi connectivity index (χ4v) is 4.84. The predicted molar refractivity (Wildman–Crippen MR) is 120 cm³/mol. The summed E-state index contributed by atoms with van der Waals surface area (Å²) in [6.45, 7) is 2.25. The van der Waals surface area contributed by atoms with Crippen LogP contribution in [0.5, 0.6) is 11.5 Å². The van der Waals surface area contributed by atoms with Crippen molar-refractivity contribution in [2.75, 3.05) is 18.0 Å². The molecular weight excluding hydrogens is 445 g/mol. The highest BCUT2D eigenvalue weighted by Gasteiger charge is 2.28. The molecule has 158 valence electrons. The van der Waals surface area contributed by atoms with Crippen LogP contribution in [0.1, 0.15) is 12.5 Å². The zero-order valence-electron chi connectivity index (χ0n) is 16.5. The van der Waals surface area contributed by atoms with E-state index in [0.717, 1.165) is 0 Å². The number of methoxy groups -OCH3 is 1. The summed E-state index contributed by atoms with van der Waals surface area (Å²) < 4.78 is 39.4. The second-order valence-electron chi connectivity index (χ2n) is 6.32. The zero-order valence-corrected chi connectivity index (χ0v) is 18.8. The van der Waals surface area contributed by atoms with Gasteiger partial charge in [-0.25, -0.2) is 8.42 Å². The molecule has 0 amide bonds. The molecule has 3 rings (SSSR count). The summed E-state index contributed by atoms with van der Waals surface area (Å²) in [4.78, 5) is 0.125. The molecule has 0 radical (unpaired) electrons. The lowest BCUT2D eigenvalue weighted by Gasteiger charge is -2.27. The van der Waals surface area contributed by atoms with E-state index < -0.39 is 10.0 Å². The quantitative estimate of drug-likeness (QED) is 0.421. The number of para-hydroxylation sites is 2. The molecule has 0 aromatic heterocycles. The molecule has 0 aliphatic carbocycles. The molecule has 30 heavy (non-hydrogen) atoms. The smallest absolute Gasteiger partial charge is 0.264 e. The summed E-state index contributed by atoms with van der Waals surface area (Å²) in [5, 5.41) is 0.856. The summed E-state index contributed by atoms with van der Waals surface area (Å²) in [5.74, 6) is 1.03. The lowest BCUT2D eigenvalue weighted by Crippen LogP contribution is -2.31. The van der Waals surface area contributed by atoms with Crippen LogP contribution in [0.3, 0.4) is 0 Å². The Kier molecular flexibility index (Phi) is 7.13. The van der Waals surface area contributed by atoms with Crippen LogP contribution in [-0.2, 0) is 16.6 Å². The summed E-state index contributed by atoms with van der Waals surface area (Å²) >= 11 is 12.3. The molecule has 3 aromatic carbocycles. The molecule has 3 aromatic rings. The molecule has 0 saturated carbocycles. The number of ether oxygens (including phenoxy) is 2. The van der Waals surface area contributed by atoms with Crippen molar-refractivity contribution in [2.45, 2.75) is 18.4 Å². The van der Waals surface area contributed by atoms with Crippen molar-refractivity contribution in [3.8, 4) is 11.5 Å². The Morgan fingerprint density at radius 2 is 1.67 bits per heavy atom. The number of hydrogen-bond acceptors (Lipinski definition) is 4. The van der Waals surface area contributed by atoms with E-state index in [4.69, 9.17) is 32.7 Å². The highest BCUT2D eigenvalue weighted by Crippen LogP contribution is 2.35. The Labute approximate surface area is 186 Å². The maximum atomic E-state index is 13.6. The van der Waals surface area contributed by atoms with Crippen LogP contribution in [-0.4, -0.2) is 22.1 Å². The normalized spacial score (nSPS) is 11.2. The maximum Gasteiger partial charge on any atom is 0.264 e. The van der Waals surface area contributed by atoms with Crippen LogP contribution in [0, 0.1) is 0 Å². The van der Waals surface area contributed by atoms with Gasteiger partial charge < -0.3 is 9.47 Å². The monoisotopic (exact) mass is 465 g/mol. The van der Waals surface area contributed by atoms with Crippen molar-refractivity contribution in [3.05, 3.63) is 82.3 Å². The second-order valence-corrected chi connectivity index (χ2v) is 9.03. The van der Waals surface area contributed by atoms with Gasteiger partial charge in [-0.1, -0.05) is 41.4 Å². The number of anilines is 1. The van der Waals surface area contributed by atoms with E-state index >= 15 is 0 Å². The number of nitrogens with zero attached hydrogens (tertiary/aromatic N) is 1. The first-order valence-corrected chi connectivity index (χ1v) is 11.4. The fraction of sp³-hybridized carbons (Fsp3) is 0.182. The Hall–Kier alpha value is -2.41. The summed E-state index contributed by atoms with van der Waals surface area (Å²) in [5.41, 5.74) is 1.03. The first-order valence-electron chi connectivity index (χ1n) is 9.19. The fourth-order valence-electron chi connectivity index (χ4n) is 2.92. The molecule has 0 fully saturated rings. The van der Waals surface area contributed by atoms with Crippen molar-refractivity contribution in [2.24, 2.45) is 0 Å². The molecule has 0 atom stereocenters. The molecule has 0 spiro atoms. The second kappa shape index (κ2) is 9.60. The summed E-state index contributed by atoms with van der Waals surface area (Å²) in [7, 11) is -2.41. The van der Waals surface area contributed by atoms with E-state index in [-0.39, 0.29) is 11.4 Å². The lowest BCUT2D eigenvalue weighted by molar-refractivity contribution is 0.341. The van der Waals surface area contributed by atoms with Gasteiger partial charge in [0.15, 0.2) is 0 Å². The van der Waals surface area contributed by atoms with Gasteiger partial charge >= 0.3 is 0 Å². The highest BCUT2D eigenvalue weighted by molar-refractivity contribution is 7.92. The number of hydrogen-bond donors (Lipinski definition) is 0. The van der Waals surface area contributed by atoms with Crippen molar-refractivity contribution in [1.29, 1.82) is 0 Å². The van der Waals surface area contributed by atoms with Crippen LogP contribution in [0.4, 0.5) is 5.69 Å². The first kappa shape index (κ1) is 22.3. The Morgan fingerprint density at radius 1 is 0.967 bits per heavy atom. The highest BCUT2D eigenvalue weighted by atomic mass is 35.5. The molecule has 5 nitrogen and oxygen atoms in total. The van der Waals surface area contributed by atoms with E-state index in [9.17, 15) is 8.42 Å². The predicted octanol–water partition coefficient (Wildman–Crippen LogP) is 5.80. The van der Waals surface area contributed by atoms with Gasteiger partial charge in [0.05, 0.1) is 30.8 Å². The molecule has 0 bridgehead atoms. The van der Waals surface area contributed by atoms with E-state index in [1.54, 1.807) is 54.6 Å². The third kappa shape index (κ3) is 4.83. The number of halogens is 2. The summed E-state index contributed by atoms with van der Waals surface area (Å²) in [6.07, 6.45) is 0. The van der Waals surface area contributed by atoms with E-state index in [1.165, 1.54) is 23.5 Å². The van der Waals surface area contributed by atoms with Gasteiger partial charge in [-0.15, -0.1) is 0 Å². The number of rotatable bonds is 8. The van der Waals surface area contributed by atoms with E-state index in [2.05, 4.69) is 0 Å². The molecule has 0 N–H and O–H groups in total. The average molecular weight is 466 g/mol. The molecule has 0 aliphatic heterocycles. The van der Waals surface area contributed by atoms with Crippen LogP contribution < -0.4 is 13.8 Å². The van der Waals surface area contributed by atoms with E-state index in [0.29, 0.717) is 39.4 Å². The molecule has 0 unspecified atom stereocenters. The van der Waals surface area contributed by atoms with Gasteiger partial charge in [-0.05, 0) is 61.0 Å². The van der Waals surface area contributed by atoms with Crippen LogP contribution in [0.25, 0.3) is 0 Å². The van der Waals surface area contributed by atoms with Crippen molar-refractivity contribution >= 4 is 38.9 Å². The first-order chi connectivity index (χ1) is 14.4. The van der Waals surface area contributed by atoms with Gasteiger partial charge in [0.25, 0.3) is 10.0 Å². The van der Waals surface area contributed by atoms with Crippen LogP contribution in [0.15, 0.2) is 71.6 Å². The average Bonchev–Trinajstić information content (AvgIpc) is 2.74. The molecular formula is C22H21Cl2NO4S. The SMILES string of the molecule is CCOc1ccccc1N(Cc1ccc(Cl)cc1Cl)S(=O)(=O)c1ccc(OC)cc1. The third-order valence-electron chi connectivity index (χ3n) is 4.41. The molecule has 0 heterocycles. The van der Waals surface area contributed by atoms with Gasteiger partial charge in [0.2, 0.25) is 0 Å². The van der Waals surface area contributed by atoms with Crippen LogP contribution in [0.2, 0.25) is 10.0 Å². The van der Waals surface area contributed by atoms with Crippen molar-refractivity contribution in [3.63, 3.8) is 0 Å². The van der Waals surface area contributed by atoms with Crippen molar-refractivity contribution in [1.82, 2.24) is 0 Å². The maximum absolute atomic E-state index is 13.6. The Balaban J connectivity index is 2.13. The Bertz CT molecular complexity index is 1120.